The number of aliphatic hydroxyl groups excluding tert-OH is 1. The number of rotatable bonds is 4. The lowest BCUT2D eigenvalue weighted by Crippen LogP contribution is -2.67. The number of benzene rings is 1. The van der Waals surface area contributed by atoms with Gasteiger partial charge in [0.05, 0.1) is 11.5 Å². The molecule has 5 aliphatic rings. The van der Waals surface area contributed by atoms with E-state index >= 15 is 0 Å². The Bertz CT molecular complexity index is 1410. The Hall–Kier alpha value is -2.60. The molecule has 11 atom stereocenters. The van der Waals surface area contributed by atoms with E-state index in [2.05, 4.69) is 54.5 Å². The van der Waals surface area contributed by atoms with Crippen molar-refractivity contribution in [3.05, 3.63) is 47.6 Å². The predicted molar refractivity (Wildman–Crippen MR) is 175 cm³/mol. The molecule has 0 aromatic heterocycles. The Morgan fingerprint density at radius 1 is 0.933 bits per heavy atom. The van der Waals surface area contributed by atoms with Gasteiger partial charge < -0.3 is 20.1 Å². The fraction of sp³-hybridized carbons (Fsp3) is 0.692. The lowest BCUT2D eigenvalue weighted by atomic mass is 9.33. The topological polar surface area (TPSA) is 104 Å². The molecule has 4 fully saturated rings. The quantitative estimate of drug-likeness (QED) is 0.179. The average Bonchev–Trinajstić information content (AvgIpc) is 2.97. The van der Waals surface area contributed by atoms with E-state index in [0.29, 0.717) is 24.2 Å². The van der Waals surface area contributed by atoms with E-state index in [1.54, 1.807) is 30.3 Å². The van der Waals surface area contributed by atoms with Crippen molar-refractivity contribution in [3.63, 3.8) is 0 Å². The number of aromatic hydroxyl groups is 1. The molecular formula is C39H54O6. The molecule has 246 valence electrons. The Kier molecular flexibility index (Phi) is 7.70. The maximum Gasteiger partial charge on any atom is 0.331 e. The molecule has 4 saturated carbocycles. The minimum Gasteiger partial charge on any atom is -0.508 e. The second-order valence-electron chi connectivity index (χ2n) is 17.0. The van der Waals surface area contributed by atoms with Crippen LogP contribution in [0.3, 0.4) is 0 Å². The van der Waals surface area contributed by atoms with E-state index in [4.69, 9.17) is 4.74 Å². The Morgan fingerprint density at radius 2 is 1.62 bits per heavy atom. The molecule has 6 rings (SSSR count). The third-order valence-electron chi connectivity index (χ3n) is 14.9. The monoisotopic (exact) mass is 618 g/mol. The van der Waals surface area contributed by atoms with Gasteiger partial charge in [-0.15, -0.1) is 0 Å². The molecule has 0 aliphatic heterocycles. The first-order valence-electron chi connectivity index (χ1n) is 17.3. The third-order valence-corrected chi connectivity index (χ3v) is 14.9. The van der Waals surface area contributed by atoms with Crippen molar-refractivity contribution in [2.24, 2.45) is 56.7 Å². The van der Waals surface area contributed by atoms with Crippen LogP contribution in [0.1, 0.15) is 105 Å². The Morgan fingerprint density at radius 3 is 2.29 bits per heavy atom. The molecule has 11 unspecified atom stereocenters. The van der Waals surface area contributed by atoms with Gasteiger partial charge in [0.2, 0.25) is 0 Å². The summed E-state index contributed by atoms with van der Waals surface area (Å²) in [6.07, 6.45) is 11.1. The summed E-state index contributed by atoms with van der Waals surface area (Å²) in [5.41, 5.74) is 0.794. The van der Waals surface area contributed by atoms with Gasteiger partial charge in [-0.25, -0.2) is 4.79 Å². The van der Waals surface area contributed by atoms with Crippen molar-refractivity contribution in [3.8, 4) is 5.75 Å². The number of aliphatic hydroxyl groups is 1. The molecule has 6 heteroatoms. The van der Waals surface area contributed by atoms with Crippen molar-refractivity contribution in [2.45, 2.75) is 112 Å². The number of hydrogen-bond acceptors (Lipinski definition) is 5. The number of carbonyl (C=O) groups excluding carboxylic acids is 1. The summed E-state index contributed by atoms with van der Waals surface area (Å²) >= 11 is 0. The number of fused-ring (bicyclic) bond motifs is 7. The molecule has 0 radical (unpaired) electrons. The predicted octanol–water partition coefficient (Wildman–Crippen LogP) is 8.03. The van der Waals surface area contributed by atoms with E-state index in [-0.39, 0.29) is 33.8 Å². The SMILES string of the molecule is CC1CCC2(C(=O)O)CCC3(C)C(=CCC4C5(C)CC(OC(=O)C=Cc6ccc(O)cc6)C(O)C(C)(C)C5CCC43C)C2C1C. The van der Waals surface area contributed by atoms with Gasteiger partial charge in [-0.1, -0.05) is 72.2 Å². The molecule has 0 spiro atoms. The van der Waals surface area contributed by atoms with Crippen LogP contribution in [0, 0.1) is 56.7 Å². The van der Waals surface area contributed by atoms with E-state index < -0.39 is 35.0 Å². The van der Waals surface area contributed by atoms with Crippen molar-refractivity contribution >= 4 is 18.0 Å². The fourth-order valence-corrected chi connectivity index (χ4v) is 12.0. The first kappa shape index (κ1) is 32.3. The highest BCUT2D eigenvalue weighted by Crippen LogP contribution is 2.75. The summed E-state index contributed by atoms with van der Waals surface area (Å²) < 4.78 is 6.07. The van der Waals surface area contributed by atoms with Crippen LogP contribution in [0.4, 0.5) is 0 Å². The first-order valence-corrected chi connectivity index (χ1v) is 17.3. The zero-order chi connectivity index (χ0) is 32.7. The van der Waals surface area contributed by atoms with Crippen molar-refractivity contribution in [1.29, 1.82) is 0 Å². The summed E-state index contributed by atoms with van der Waals surface area (Å²) in [6, 6.07) is 6.62. The summed E-state index contributed by atoms with van der Waals surface area (Å²) in [5.74, 6) is 0.586. The van der Waals surface area contributed by atoms with Gasteiger partial charge in [-0.05, 0) is 126 Å². The standard InChI is InChI=1S/C39H54O6/c1-23-16-19-39(34(43)44)21-20-37(6)27(32(39)24(23)2)13-14-30-36(5)22-28(33(42)35(3,4)29(36)17-18-38(30,37)7)45-31(41)15-10-25-8-11-26(40)12-9-25/h8-13,15,23-24,28-30,32-33,40,42H,14,16-22H2,1-7H3,(H,43,44). The molecule has 0 heterocycles. The number of phenolic OH excluding ortho intramolecular Hbond substituents is 1. The van der Waals surface area contributed by atoms with Crippen LogP contribution in [0.2, 0.25) is 0 Å². The highest BCUT2D eigenvalue weighted by Gasteiger charge is 2.70. The minimum atomic E-state index is -0.772. The minimum absolute atomic E-state index is 0.0287. The number of aliphatic carboxylic acids is 1. The molecular weight excluding hydrogens is 564 g/mol. The number of allylic oxidation sites excluding steroid dienone is 2. The van der Waals surface area contributed by atoms with Gasteiger partial charge in [0.1, 0.15) is 11.9 Å². The molecule has 1 aromatic rings. The fourth-order valence-electron chi connectivity index (χ4n) is 12.0. The number of phenols is 1. The van der Waals surface area contributed by atoms with Crippen LogP contribution in [-0.2, 0) is 14.3 Å². The molecule has 45 heavy (non-hydrogen) atoms. The average molecular weight is 619 g/mol. The normalized spacial score (nSPS) is 45.3. The summed E-state index contributed by atoms with van der Waals surface area (Å²) in [5, 5.41) is 31.9. The number of carboxylic acid groups (broad SMARTS) is 1. The molecule has 0 bridgehead atoms. The second kappa shape index (κ2) is 10.7. The van der Waals surface area contributed by atoms with E-state index in [9.17, 15) is 24.9 Å². The summed E-state index contributed by atoms with van der Waals surface area (Å²) in [7, 11) is 0. The van der Waals surface area contributed by atoms with Crippen LogP contribution >= 0.6 is 0 Å². The van der Waals surface area contributed by atoms with E-state index in [0.717, 1.165) is 50.5 Å². The number of hydrogen-bond donors (Lipinski definition) is 3. The maximum absolute atomic E-state index is 13.1. The lowest BCUT2D eigenvalue weighted by Gasteiger charge is -2.71. The van der Waals surface area contributed by atoms with Crippen LogP contribution < -0.4 is 0 Å². The third kappa shape index (κ3) is 4.58. The van der Waals surface area contributed by atoms with Gasteiger partial charge in [-0.2, -0.15) is 0 Å². The lowest BCUT2D eigenvalue weighted by molar-refractivity contribution is -0.237. The summed E-state index contributed by atoms with van der Waals surface area (Å²) in [6.45, 7) is 16.2. The van der Waals surface area contributed by atoms with E-state index in [1.807, 2.05) is 0 Å². The summed E-state index contributed by atoms with van der Waals surface area (Å²) in [4.78, 5) is 26.1. The smallest absolute Gasteiger partial charge is 0.331 e. The van der Waals surface area contributed by atoms with Crippen molar-refractivity contribution < 1.29 is 29.6 Å². The number of carbonyl (C=O) groups is 2. The zero-order valence-electron chi connectivity index (χ0n) is 28.3. The van der Waals surface area contributed by atoms with E-state index in [1.165, 1.54) is 11.6 Å². The van der Waals surface area contributed by atoms with Gasteiger partial charge in [0, 0.05) is 6.08 Å². The highest BCUT2D eigenvalue weighted by molar-refractivity contribution is 5.87. The Labute approximate surface area is 269 Å². The number of ether oxygens (including phenoxy) is 1. The molecule has 0 amide bonds. The first-order chi connectivity index (χ1) is 21.0. The van der Waals surface area contributed by atoms with Crippen LogP contribution in [0.25, 0.3) is 6.08 Å². The number of esters is 1. The van der Waals surface area contributed by atoms with Crippen LogP contribution in [0.15, 0.2) is 42.0 Å². The van der Waals surface area contributed by atoms with Crippen molar-refractivity contribution in [1.82, 2.24) is 0 Å². The zero-order valence-corrected chi connectivity index (χ0v) is 28.3. The highest BCUT2D eigenvalue weighted by atomic mass is 16.6. The van der Waals surface area contributed by atoms with Crippen LogP contribution in [0.5, 0.6) is 5.75 Å². The van der Waals surface area contributed by atoms with Crippen LogP contribution in [-0.4, -0.2) is 39.5 Å². The molecule has 0 saturated heterocycles. The van der Waals surface area contributed by atoms with Gasteiger partial charge >= 0.3 is 11.9 Å². The van der Waals surface area contributed by atoms with Gasteiger partial charge in [-0.3, -0.25) is 4.79 Å². The van der Waals surface area contributed by atoms with Gasteiger partial charge in [0.15, 0.2) is 0 Å². The Balaban J connectivity index is 1.33. The molecule has 5 aliphatic carbocycles. The number of carboxylic acids is 1. The molecule has 3 N–H and O–H groups in total. The van der Waals surface area contributed by atoms with Crippen molar-refractivity contribution in [2.75, 3.05) is 0 Å². The largest absolute Gasteiger partial charge is 0.508 e. The van der Waals surface area contributed by atoms with Gasteiger partial charge in [0.25, 0.3) is 0 Å². The maximum atomic E-state index is 13.1. The molecule has 1 aromatic carbocycles. The second-order valence-corrected chi connectivity index (χ2v) is 17.0. The molecule has 6 nitrogen and oxygen atoms in total.